The van der Waals surface area contributed by atoms with Crippen molar-refractivity contribution in [3.8, 4) is 5.75 Å². The quantitative estimate of drug-likeness (QED) is 0.846. The molecule has 7 heteroatoms. The van der Waals surface area contributed by atoms with Crippen molar-refractivity contribution in [1.29, 1.82) is 0 Å². The van der Waals surface area contributed by atoms with Crippen LogP contribution >= 0.6 is 0 Å². The summed E-state index contributed by atoms with van der Waals surface area (Å²) < 4.78 is 30.4. The minimum Gasteiger partial charge on any atom is -0.497 e. The van der Waals surface area contributed by atoms with Gasteiger partial charge < -0.3 is 10.1 Å². The van der Waals surface area contributed by atoms with Crippen molar-refractivity contribution < 1.29 is 17.9 Å². The predicted molar refractivity (Wildman–Crippen MR) is 92.6 cm³/mol. The molecular formula is C17H24N2O4S. The van der Waals surface area contributed by atoms with Gasteiger partial charge in [-0.3, -0.25) is 9.10 Å². The van der Waals surface area contributed by atoms with Crippen molar-refractivity contribution in [1.82, 2.24) is 5.32 Å². The number of ether oxygens (including phenoxy) is 1. The molecule has 24 heavy (non-hydrogen) atoms. The second kappa shape index (κ2) is 6.63. The van der Waals surface area contributed by atoms with Crippen molar-refractivity contribution in [3.63, 3.8) is 0 Å². The van der Waals surface area contributed by atoms with E-state index in [1.54, 1.807) is 31.4 Å². The molecule has 2 aliphatic rings. The average molecular weight is 352 g/mol. The third-order valence-electron chi connectivity index (χ3n) is 5.13. The Bertz CT molecular complexity index is 702. The third-order valence-corrected chi connectivity index (χ3v) is 6.27. The van der Waals surface area contributed by atoms with E-state index in [0.717, 1.165) is 22.9 Å². The standard InChI is InChI=1S/C17H24N2O4S/c1-23-15-7-5-14(6-8-15)19(24(2,21)22)11-17(20)18-16-10-12-3-4-13(16)9-12/h5-8,12-13,16H,3-4,9-11H2,1-2H3,(H,18,20)/t12-,13-,16+/m1/s1. The van der Waals surface area contributed by atoms with Crippen molar-refractivity contribution in [2.75, 3.05) is 24.2 Å². The Morgan fingerprint density at radius 3 is 2.46 bits per heavy atom. The highest BCUT2D eigenvalue weighted by atomic mass is 32.2. The number of amides is 1. The van der Waals surface area contributed by atoms with Gasteiger partial charge in [0.1, 0.15) is 12.3 Å². The van der Waals surface area contributed by atoms with Crippen LogP contribution in [-0.2, 0) is 14.8 Å². The highest BCUT2D eigenvalue weighted by Crippen LogP contribution is 2.44. The van der Waals surface area contributed by atoms with Gasteiger partial charge in [-0.1, -0.05) is 6.42 Å². The molecule has 3 atom stereocenters. The molecule has 0 spiro atoms. The summed E-state index contributed by atoms with van der Waals surface area (Å²) in [6.45, 7) is -0.195. The molecule has 0 saturated heterocycles. The summed E-state index contributed by atoms with van der Waals surface area (Å²) in [5.74, 6) is 1.69. The van der Waals surface area contributed by atoms with Crippen molar-refractivity contribution in [2.45, 2.75) is 31.7 Å². The molecule has 0 aliphatic heterocycles. The fourth-order valence-electron chi connectivity index (χ4n) is 3.95. The Balaban J connectivity index is 1.68. The van der Waals surface area contributed by atoms with Gasteiger partial charge in [0.25, 0.3) is 0 Å². The minimum absolute atomic E-state index is 0.195. The van der Waals surface area contributed by atoms with Gasteiger partial charge in [-0.15, -0.1) is 0 Å². The van der Waals surface area contributed by atoms with Crippen LogP contribution in [0, 0.1) is 11.8 Å². The van der Waals surface area contributed by atoms with Crippen molar-refractivity contribution in [3.05, 3.63) is 24.3 Å². The number of carbonyl (C=O) groups excluding carboxylic acids is 1. The second-order valence-electron chi connectivity index (χ2n) is 6.82. The minimum atomic E-state index is -3.54. The van der Waals surface area contributed by atoms with Crippen LogP contribution < -0.4 is 14.4 Å². The second-order valence-corrected chi connectivity index (χ2v) is 8.72. The van der Waals surface area contributed by atoms with E-state index in [2.05, 4.69) is 5.32 Å². The first-order valence-corrected chi connectivity index (χ1v) is 10.1. The van der Waals surface area contributed by atoms with Crippen LogP contribution in [0.1, 0.15) is 25.7 Å². The number of sulfonamides is 1. The number of rotatable bonds is 6. The van der Waals surface area contributed by atoms with Gasteiger partial charge in [-0.2, -0.15) is 0 Å². The van der Waals surface area contributed by atoms with E-state index in [9.17, 15) is 13.2 Å². The normalized spacial score (nSPS) is 25.5. The van der Waals surface area contributed by atoms with E-state index in [-0.39, 0.29) is 18.5 Å². The molecule has 0 aromatic heterocycles. The van der Waals surface area contributed by atoms with E-state index in [1.807, 2.05) is 0 Å². The zero-order valence-corrected chi connectivity index (χ0v) is 14.9. The molecule has 1 N–H and O–H groups in total. The third kappa shape index (κ3) is 3.66. The summed E-state index contributed by atoms with van der Waals surface area (Å²) in [7, 11) is -2.00. The molecule has 1 aromatic carbocycles. The van der Waals surface area contributed by atoms with Gasteiger partial charge in [0.05, 0.1) is 19.1 Å². The number of methoxy groups -OCH3 is 1. The highest BCUT2D eigenvalue weighted by Gasteiger charge is 2.40. The average Bonchev–Trinajstić information content (AvgIpc) is 3.14. The summed E-state index contributed by atoms with van der Waals surface area (Å²) in [6, 6.07) is 6.85. The molecule has 2 fully saturated rings. The first kappa shape index (κ1) is 17.1. The van der Waals surface area contributed by atoms with Gasteiger partial charge >= 0.3 is 0 Å². The summed E-state index contributed by atoms with van der Waals surface area (Å²) in [6.07, 6.45) is 5.77. The molecule has 1 aromatic rings. The highest BCUT2D eigenvalue weighted by molar-refractivity contribution is 7.92. The summed E-state index contributed by atoms with van der Waals surface area (Å²) in [4.78, 5) is 12.4. The fraction of sp³-hybridized carbons (Fsp3) is 0.588. The van der Waals surface area contributed by atoms with Crippen LogP contribution in [0.3, 0.4) is 0 Å². The molecule has 2 aliphatic carbocycles. The zero-order valence-electron chi connectivity index (χ0n) is 14.1. The van der Waals surface area contributed by atoms with Crippen LogP contribution in [0.25, 0.3) is 0 Å². The smallest absolute Gasteiger partial charge is 0.241 e. The molecule has 2 saturated carbocycles. The number of hydrogen-bond acceptors (Lipinski definition) is 4. The molecule has 1 amide bonds. The molecule has 3 rings (SSSR count). The summed E-state index contributed by atoms with van der Waals surface area (Å²) in [5.41, 5.74) is 0.460. The number of nitrogens with one attached hydrogen (secondary N) is 1. The maximum atomic E-state index is 12.4. The van der Waals surface area contributed by atoms with Crippen molar-refractivity contribution >= 4 is 21.6 Å². The number of fused-ring (bicyclic) bond motifs is 2. The van der Waals surface area contributed by atoms with Crippen LogP contribution in [0.5, 0.6) is 5.75 Å². The van der Waals surface area contributed by atoms with E-state index in [4.69, 9.17) is 4.74 Å². The maximum absolute atomic E-state index is 12.4. The Hall–Kier alpha value is -1.76. The molecule has 6 nitrogen and oxygen atoms in total. The number of hydrogen-bond donors (Lipinski definition) is 1. The molecule has 0 unspecified atom stereocenters. The Labute approximate surface area is 143 Å². The number of anilines is 1. The topological polar surface area (TPSA) is 75.7 Å². The first-order chi connectivity index (χ1) is 11.4. The zero-order chi connectivity index (χ0) is 17.3. The summed E-state index contributed by atoms with van der Waals surface area (Å²) in [5, 5.41) is 3.04. The molecule has 0 radical (unpaired) electrons. The molecule has 0 heterocycles. The van der Waals surface area contributed by atoms with E-state index >= 15 is 0 Å². The number of nitrogens with zero attached hydrogens (tertiary/aromatic N) is 1. The van der Waals surface area contributed by atoms with Crippen LogP contribution in [0.4, 0.5) is 5.69 Å². The Morgan fingerprint density at radius 2 is 1.96 bits per heavy atom. The Kier molecular flexibility index (Phi) is 4.71. The van der Waals surface area contributed by atoms with Gasteiger partial charge in [-0.25, -0.2) is 8.42 Å². The van der Waals surface area contributed by atoms with Crippen molar-refractivity contribution in [2.24, 2.45) is 11.8 Å². The number of benzene rings is 1. The SMILES string of the molecule is COc1ccc(N(CC(=O)N[C@H]2C[C@@H]3CC[C@@H]2C3)S(C)(=O)=O)cc1. The summed E-state index contributed by atoms with van der Waals surface area (Å²) >= 11 is 0. The van der Waals surface area contributed by atoms with E-state index in [1.165, 1.54) is 19.3 Å². The lowest BCUT2D eigenvalue weighted by molar-refractivity contribution is -0.120. The monoisotopic (exact) mass is 352 g/mol. The lowest BCUT2D eigenvalue weighted by atomic mass is 9.95. The van der Waals surface area contributed by atoms with Gasteiger partial charge in [0.15, 0.2) is 0 Å². The fourth-order valence-corrected chi connectivity index (χ4v) is 4.81. The van der Waals surface area contributed by atoms with Gasteiger partial charge in [0, 0.05) is 6.04 Å². The largest absolute Gasteiger partial charge is 0.497 e. The lowest BCUT2D eigenvalue weighted by Gasteiger charge is -2.26. The first-order valence-electron chi connectivity index (χ1n) is 8.28. The van der Waals surface area contributed by atoms with E-state index < -0.39 is 10.0 Å². The molecule has 2 bridgehead atoms. The maximum Gasteiger partial charge on any atom is 0.241 e. The van der Waals surface area contributed by atoms with Crippen LogP contribution in [0.2, 0.25) is 0 Å². The van der Waals surface area contributed by atoms with Crippen LogP contribution in [0.15, 0.2) is 24.3 Å². The van der Waals surface area contributed by atoms with Gasteiger partial charge in [0.2, 0.25) is 15.9 Å². The van der Waals surface area contributed by atoms with Crippen LogP contribution in [-0.4, -0.2) is 40.3 Å². The lowest BCUT2D eigenvalue weighted by Crippen LogP contribution is -2.45. The van der Waals surface area contributed by atoms with E-state index in [0.29, 0.717) is 17.4 Å². The molecule has 132 valence electrons. The van der Waals surface area contributed by atoms with Gasteiger partial charge in [-0.05, 0) is 55.4 Å². The predicted octanol–water partition coefficient (Wildman–Crippen LogP) is 1.77. The number of carbonyl (C=O) groups is 1. The Morgan fingerprint density at radius 1 is 1.25 bits per heavy atom. The molecular weight excluding hydrogens is 328 g/mol.